The van der Waals surface area contributed by atoms with E-state index in [0.717, 1.165) is 43.0 Å². The van der Waals surface area contributed by atoms with E-state index in [9.17, 15) is 4.39 Å². The second kappa shape index (κ2) is 4.43. The number of nitrogens with one attached hydrogen (secondary N) is 2. The van der Waals surface area contributed by atoms with Gasteiger partial charge in [0.05, 0.1) is 5.69 Å². The summed E-state index contributed by atoms with van der Waals surface area (Å²) in [6.45, 7) is 6.94. The Hall–Kier alpha value is -1.29. The molecule has 0 aliphatic carbocycles. The lowest BCUT2D eigenvalue weighted by molar-refractivity contribution is 0.404. The quantitative estimate of drug-likeness (QED) is 0.797. The summed E-state index contributed by atoms with van der Waals surface area (Å²) < 4.78 is 14.2. The minimum absolute atomic E-state index is 0.0845. The predicted octanol–water partition coefficient (Wildman–Crippen LogP) is 1.98. The third-order valence-electron chi connectivity index (χ3n) is 3.78. The van der Waals surface area contributed by atoms with E-state index < -0.39 is 0 Å². The zero-order valence-electron chi connectivity index (χ0n) is 11.0. The molecule has 0 saturated carbocycles. The minimum Gasteiger partial charge on any atom is -0.384 e. The molecular weight excluding hydrogens is 229 g/mol. The summed E-state index contributed by atoms with van der Waals surface area (Å²) in [5.74, 6) is -0.0845. The Kier molecular flexibility index (Phi) is 2.90. The third kappa shape index (κ3) is 2.05. The molecule has 98 valence electrons. The van der Waals surface area contributed by atoms with Gasteiger partial charge >= 0.3 is 0 Å². The van der Waals surface area contributed by atoms with Crippen molar-refractivity contribution >= 4 is 11.4 Å². The van der Waals surface area contributed by atoms with Crippen LogP contribution in [0.4, 0.5) is 15.8 Å². The molecule has 4 heteroatoms. The van der Waals surface area contributed by atoms with Gasteiger partial charge in [-0.1, -0.05) is 0 Å². The number of hydrogen-bond acceptors (Lipinski definition) is 3. The van der Waals surface area contributed by atoms with Crippen molar-refractivity contribution in [2.75, 3.05) is 29.9 Å². The zero-order chi connectivity index (χ0) is 12.7. The van der Waals surface area contributed by atoms with E-state index in [4.69, 9.17) is 0 Å². The van der Waals surface area contributed by atoms with Crippen LogP contribution in [0, 0.1) is 5.82 Å². The maximum Gasteiger partial charge on any atom is 0.146 e. The van der Waals surface area contributed by atoms with E-state index in [1.807, 2.05) is 6.07 Å². The molecule has 3 rings (SSSR count). The van der Waals surface area contributed by atoms with Crippen molar-refractivity contribution in [2.24, 2.45) is 0 Å². The summed E-state index contributed by atoms with van der Waals surface area (Å²) in [5.41, 5.74) is 2.95. The van der Waals surface area contributed by atoms with Crippen LogP contribution in [0.1, 0.15) is 19.4 Å². The van der Waals surface area contributed by atoms with Crippen LogP contribution in [0.25, 0.3) is 0 Å². The summed E-state index contributed by atoms with van der Waals surface area (Å²) in [5, 5.41) is 6.79. The van der Waals surface area contributed by atoms with Gasteiger partial charge in [-0.3, -0.25) is 0 Å². The molecule has 2 aliphatic heterocycles. The monoisotopic (exact) mass is 249 g/mol. The summed E-state index contributed by atoms with van der Waals surface area (Å²) in [6, 6.07) is 4.47. The van der Waals surface area contributed by atoms with Gasteiger partial charge in [-0.25, -0.2) is 4.39 Å². The Morgan fingerprint density at radius 1 is 1.22 bits per heavy atom. The van der Waals surface area contributed by atoms with Crippen molar-refractivity contribution < 1.29 is 4.39 Å². The first-order valence-electron chi connectivity index (χ1n) is 6.71. The Labute approximate surface area is 107 Å². The number of piperazine rings is 1. The molecule has 18 heavy (non-hydrogen) atoms. The van der Waals surface area contributed by atoms with Crippen LogP contribution >= 0.6 is 0 Å². The van der Waals surface area contributed by atoms with Gasteiger partial charge in [-0.05, 0) is 38.0 Å². The van der Waals surface area contributed by atoms with Gasteiger partial charge in [0.15, 0.2) is 0 Å². The first kappa shape index (κ1) is 11.8. The molecule has 2 heterocycles. The summed E-state index contributed by atoms with van der Waals surface area (Å²) in [6.07, 6.45) is 0.931. The van der Waals surface area contributed by atoms with E-state index in [-0.39, 0.29) is 5.82 Å². The minimum atomic E-state index is -0.0845. The van der Waals surface area contributed by atoms with Gasteiger partial charge < -0.3 is 15.5 Å². The molecule has 0 spiro atoms. The van der Waals surface area contributed by atoms with Crippen LogP contribution in [-0.4, -0.2) is 31.7 Å². The summed E-state index contributed by atoms with van der Waals surface area (Å²) in [4.78, 5) is 2.15. The molecule has 1 aromatic carbocycles. The summed E-state index contributed by atoms with van der Waals surface area (Å²) in [7, 11) is 0. The number of hydrogen-bond donors (Lipinski definition) is 2. The fraction of sp³-hybridized carbons (Fsp3) is 0.571. The number of nitrogens with zero attached hydrogens (tertiary/aromatic N) is 1. The van der Waals surface area contributed by atoms with Crippen LogP contribution in [0.5, 0.6) is 0 Å². The topological polar surface area (TPSA) is 27.3 Å². The molecule has 2 N–H and O–H groups in total. The number of fused-ring (bicyclic) bond motifs is 1. The average molecular weight is 249 g/mol. The molecule has 1 aromatic rings. The first-order chi connectivity index (χ1) is 8.63. The van der Waals surface area contributed by atoms with Crippen molar-refractivity contribution in [1.29, 1.82) is 0 Å². The molecule has 2 atom stereocenters. The Morgan fingerprint density at radius 3 is 2.67 bits per heavy atom. The molecule has 2 aliphatic rings. The normalized spacial score (nSPS) is 26.9. The predicted molar refractivity (Wildman–Crippen MR) is 72.9 cm³/mol. The number of halogens is 1. The molecule has 3 nitrogen and oxygen atoms in total. The van der Waals surface area contributed by atoms with Crippen molar-refractivity contribution in [1.82, 2.24) is 5.32 Å². The number of rotatable bonds is 1. The Morgan fingerprint density at radius 2 is 1.94 bits per heavy atom. The largest absolute Gasteiger partial charge is 0.384 e. The van der Waals surface area contributed by atoms with Gasteiger partial charge in [0.25, 0.3) is 0 Å². The SMILES string of the molecule is CC1CN(c2cc3c(cc2F)CCN3)C[C@H](C)N1. The second-order valence-electron chi connectivity index (χ2n) is 5.51. The van der Waals surface area contributed by atoms with E-state index in [1.165, 1.54) is 0 Å². The molecule has 1 fully saturated rings. The first-order valence-corrected chi connectivity index (χ1v) is 6.71. The molecule has 1 saturated heterocycles. The lowest BCUT2D eigenvalue weighted by Crippen LogP contribution is -2.54. The highest BCUT2D eigenvalue weighted by Crippen LogP contribution is 2.31. The van der Waals surface area contributed by atoms with Gasteiger partial charge in [-0.15, -0.1) is 0 Å². The highest BCUT2D eigenvalue weighted by atomic mass is 19.1. The lowest BCUT2D eigenvalue weighted by Gasteiger charge is -2.38. The standard InChI is InChI=1S/C14H20FN3/c1-9-7-18(8-10(2)17-9)14-6-13-11(3-4-16-13)5-12(14)15/h5-6,9-10,16-17H,3-4,7-8H2,1-2H3/t9-,10?/m0/s1. The van der Waals surface area contributed by atoms with E-state index in [1.54, 1.807) is 6.07 Å². The van der Waals surface area contributed by atoms with Gasteiger partial charge in [0.1, 0.15) is 5.82 Å². The maximum atomic E-state index is 14.2. The van der Waals surface area contributed by atoms with Gasteiger partial charge in [0.2, 0.25) is 0 Å². The van der Waals surface area contributed by atoms with Crippen molar-refractivity contribution in [2.45, 2.75) is 32.4 Å². The molecule has 0 bridgehead atoms. The molecule has 1 unspecified atom stereocenters. The van der Waals surface area contributed by atoms with Crippen molar-refractivity contribution in [3.8, 4) is 0 Å². The maximum absolute atomic E-state index is 14.2. The van der Waals surface area contributed by atoms with E-state index >= 15 is 0 Å². The number of benzene rings is 1. The average Bonchev–Trinajstić information content (AvgIpc) is 2.73. The van der Waals surface area contributed by atoms with E-state index in [2.05, 4.69) is 29.4 Å². The smallest absolute Gasteiger partial charge is 0.146 e. The van der Waals surface area contributed by atoms with Crippen LogP contribution in [0.2, 0.25) is 0 Å². The molecule has 0 amide bonds. The second-order valence-corrected chi connectivity index (χ2v) is 5.51. The summed E-state index contributed by atoms with van der Waals surface area (Å²) >= 11 is 0. The van der Waals surface area contributed by atoms with Crippen molar-refractivity contribution in [3.05, 3.63) is 23.5 Å². The van der Waals surface area contributed by atoms with Crippen LogP contribution in [0.15, 0.2) is 12.1 Å². The molecular formula is C14H20FN3. The van der Waals surface area contributed by atoms with Crippen LogP contribution in [0.3, 0.4) is 0 Å². The van der Waals surface area contributed by atoms with Crippen LogP contribution < -0.4 is 15.5 Å². The highest BCUT2D eigenvalue weighted by Gasteiger charge is 2.24. The third-order valence-corrected chi connectivity index (χ3v) is 3.78. The highest BCUT2D eigenvalue weighted by molar-refractivity contribution is 5.65. The fourth-order valence-corrected chi connectivity index (χ4v) is 3.07. The lowest BCUT2D eigenvalue weighted by atomic mass is 10.1. The van der Waals surface area contributed by atoms with Crippen LogP contribution in [-0.2, 0) is 6.42 Å². The Balaban J connectivity index is 1.91. The van der Waals surface area contributed by atoms with Gasteiger partial charge in [0, 0.05) is 37.4 Å². The Bertz CT molecular complexity index is 451. The van der Waals surface area contributed by atoms with Crippen molar-refractivity contribution in [3.63, 3.8) is 0 Å². The van der Waals surface area contributed by atoms with E-state index in [0.29, 0.717) is 12.1 Å². The molecule has 0 aromatic heterocycles. The zero-order valence-corrected chi connectivity index (χ0v) is 11.0. The fourth-order valence-electron chi connectivity index (χ4n) is 3.07. The number of anilines is 2. The van der Waals surface area contributed by atoms with Gasteiger partial charge in [-0.2, -0.15) is 0 Å². The molecule has 0 radical (unpaired) electrons.